The molecule has 0 bridgehead atoms. The van der Waals surface area contributed by atoms with Crippen LogP contribution < -0.4 is 5.32 Å². The van der Waals surface area contributed by atoms with Gasteiger partial charge in [0.05, 0.1) is 0 Å². The molecule has 3 rings (SSSR count). The Labute approximate surface area is 215 Å². The first-order chi connectivity index (χ1) is 16.9. The highest BCUT2D eigenvalue weighted by Crippen LogP contribution is 2.28. The number of aryl methyl sites for hydroxylation is 3. The lowest BCUT2D eigenvalue weighted by atomic mass is 9.87. The number of hydrogen-bond donors (Lipinski definition) is 1. The number of benzene rings is 3. The van der Waals surface area contributed by atoms with Gasteiger partial charge in [-0.15, -0.1) is 0 Å². The van der Waals surface area contributed by atoms with E-state index in [2.05, 4.69) is 120 Å². The van der Waals surface area contributed by atoms with Gasteiger partial charge in [0.2, 0.25) is 0 Å². The van der Waals surface area contributed by atoms with Crippen molar-refractivity contribution in [2.45, 2.75) is 79.7 Å². The maximum Gasteiger partial charge on any atom is 0.0205 e. The quantitative estimate of drug-likeness (QED) is 0.276. The fourth-order valence-electron chi connectivity index (χ4n) is 4.30. The summed E-state index contributed by atoms with van der Waals surface area (Å²) in [4.78, 5) is 0. The number of nitrogens with one attached hydrogen (secondary N) is 1. The first-order valence-corrected chi connectivity index (χ1v) is 13.5. The van der Waals surface area contributed by atoms with E-state index in [4.69, 9.17) is 0 Å². The molecule has 35 heavy (non-hydrogen) atoms. The molecule has 3 aromatic rings. The van der Waals surface area contributed by atoms with Gasteiger partial charge in [0.1, 0.15) is 0 Å². The molecule has 0 radical (unpaired) electrons. The minimum Gasteiger partial charge on any atom is -0.313 e. The van der Waals surface area contributed by atoms with Crippen LogP contribution in [0.2, 0.25) is 0 Å². The summed E-state index contributed by atoms with van der Waals surface area (Å²) < 4.78 is 0. The molecule has 0 aromatic heterocycles. The monoisotopic (exact) mass is 469 g/mol. The molecule has 1 N–H and O–H groups in total. The van der Waals surface area contributed by atoms with Crippen molar-refractivity contribution in [2.75, 3.05) is 6.54 Å². The Kier molecular flexibility index (Phi) is 12.6. The lowest BCUT2D eigenvalue weighted by Gasteiger charge is -2.19. The van der Waals surface area contributed by atoms with E-state index in [1.165, 1.54) is 51.8 Å². The van der Waals surface area contributed by atoms with E-state index in [-0.39, 0.29) is 0 Å². The largest absolute Gasteiger partial charge is 0.313 e. The maximum absolute atomic E-state index is 3.88. The summed E-state index contributed by atoms with van der Waals surface area (Å²) in [6, 6.07) is 24.9. The average Bonchev–Trinajstić information content (AvgIpc) is 2.85. The molecule has 1 atom stereocenters. The topological polar surface area (TPSA) is 12.0 Å². The van der Waals surface area contributed by atoms with Gasteiger partial charge in [0, 0.05) is 12.5 Å². The number of rotatable bonds is 11. The molecule has 1 unspecified atom stereocenters. The smallest absolute Gasteiger partial charge is 0.0205 e. The predicted molar refractivity (Wildman–Crippen MR) is 156 cm³/mol. The summed E-state index contributed by atoms with van der Waals surface area (Å²) >= 11 is 0. The van der Waals surface area contributed by atoms with Crippen LogP contribution in [0.3, 0.4) is 0 Å². The summed E-state index contributed by atoms with van der Waals surface area (Å²) in [6.45, 7) is 19.0. The van der Waals surface area contributed by atoms with Crippen molar-refractivity contribution in [2.24, 2.45) is 5.92 Å². The van der Waals surface area contributed by atoms with Crippen LogP contribution in [0.25, 0.3) is 6.08 Å². The Morgan fingerprint density at radius 1 is 0.829 bits per heavy atom. The Hall–Kier alpha value is -2.64. The molecule has 0 saturated heterocycles. The maximum atomic E-state index is 3.88. The molecule has 0 saturated carbocycles. The van der Waals surface area contributed by atoms with Gasteiger partial charge in [0.15, 0.2) is 0 Å². The second kappa shape index (κ2) is 15.4. The van der Waals surface area contributed by atoms with Crippen molar-refractivity contribution in [1.82, 2.24) is 5.32 Å². The average molecular weight is 470 g/mol. The third kappa shape index (κ3) is 9.86. The van der Waals surface area contributed by atoms with Crippen LogP contribution in [0.15, 0.2) is 73.3 Å². The van der Waals surface area contributed by atoms with Gasteiger partial charge >= 0.3 is 0 Å². The highest BCUT2D eigenvalue weighted by atomic mass is 14.8. The second-order valence-corrected chi connectivity index (χ2v) is 10.2. The molecule has 0 amide bonds. The molecule has 0 aliphatic heterocycles. The van der Waals surface area contributed by atoms with Crippen molar-refractivity contribution >= 4 is 6.08 Å². The fraction of sp³-hybridized carbons (Fsp3) is 0.412. The van der Waals surface area contributed by atoms with E-state index in [1.54, 1.807) is 0 Å². The molecular weight excluding hydrogens is 422 g/mol. The summed E-state index contributed by atoms with van der Waals surface area (Å²) in [6.07, 6.45) is 6.47. The molecule has 1 nitrogen and oxygen atoms in total. The van der Waals surface area contributed by atoms with E-state index < -0.39 is 0 Å². The van der Waals surface area contributed by atoms with Gasteiger partial charge in [-0.05, 0) is 72.0 Å². The van der Waals surface area contributed by atoms with Gasteiger partial charge in [-0.25, -0.2) is 0 Å². The second-order valence-electron chi connectivity index (χ2n) is 10.2. The summed E-state index contributed by atoms with van der Waals surface area (Å²) in [5, 5.41) is 3.70. The highest BCUT2D eigenvalue weighted by Gasteiger charge is 2.14. The zero-order valence-electron chi connectivity index (χ0n) is 23.0. The molecule has 0 aliphatic rings. The van der Waals surface area contributed by atoms with Crippen LogP contribution in [-0.2, 0) is 19.4 Å². The van der Waals surface area contributed by atoms with E-state index in [9.17, 15) is 0 Å². The zero-order valence-corrected chi connectivity index (χ0v) is 23.0. The van der Waals surface area contributed by atoms with Gasteiger partial charge in [-0.2, -0.15) is 0 Å². The number of hydrogen-bond acceptors (Lipinski definition) is 1. The normalized spacial score (nSPS) is 11.6. The lowest BCUT2D eigenvalue weighted by Crippen LogP contribution is -2.18. The molecule has 0 aliphatic carbocycles. The zero-order chi connectivity index (χ0) is 25.6. The van der Waals surface area contributed by atoms with Crippen LogP contribution in [0, 0.1) is 12.8 Å². The predicted octanol–water partition coefficient (Wildman–Crippen LogP) is 9.13. The first-order valence-electron chi connectivity index (χ1n) is 13.5. The summed E-state index contributed by atoms with van der Waals surface area (Å²) in [7, 11) is 0. The minimum atomic E-state index is 0.394. The van der Waals surface area contributed by atoms with Gasteiger partial charge in [-0.1, -0.05) is 126 Å². The molecule has 0 fully saturated rings. The standard InChI is InChI=1S/C30H37N.C4H10/c1-5-8-29-21-25(13-16-26(29)7-3)22-31-20-19-30(27-14-9-23(4)10-15-27)28-17-11-24(6-2)12-18-28;1-4(2)3/h6,9-18,21,30-31H,2,5,7-8,19-20,22H2,1,3-4H3;4H,1-3H3. The minimum absolute atomic E-state index is 0.394. The van der Waals surface area contributed by atoms with Crippen molar-refractivity contribution < 1.29 is 0 Å². The van der Waals surface area contributed by atoms with Crippen LogP contribution in [0.1, 0.15) is 92.3 Å². The molecular formula is C34H47N. The summed E-state index contributed by atoms with van der Waals surface area (Å²) in [5.74, 6) is 1.23. The Morgan fingerprint density at radius 3 is 1.97 bits per heavy atom. The molecule has 1 heteroatoms. The van der Waals surface area contributed by atoms with Crippen LogP contribution in [0.4, 0.5) is 0 Å². The van der Waals surface area contributed by atoms with Crippen molar-refractivity contribution in [3.63, 3.8) is 0 Å². The molecule has 0 heterocycles. The van der Waals surface area contributed by atoms with Crippen molar-refractivity contribution in [3.8, 4) is 0 Å². The van der Waals surface area contributed by atoms with Crippen molar-refractivity contribution in [3.05, 3.63) is 112 Å². The van der Waals surface area contributed by atoms with E-state index in [0.717, 1.165) is 31.8 Å². The van der Waals surface area contributed by atoms with Crippen LogP contribution in [-0.4, -0.2) is 6.54 Å². The third-order valence-electron chi connectivity index (χ3n) is 6.16. The van der Waals surface area contributed by atoms with Crippen LogP contribution in [0.5, 0.6) is 0 Å². The van der Waals surface area contributed by atoms with E-state index in [0.29, 0.717) is 5.92 Å². The lowest BCUT2D eigenvalue weighted by molar-refractivity contribution is 0.611. The molecule has 188 valence electrons. The van der Waals surface area contributed by atoms with E-state index >= 15 is 0 Å². The fourth-order valence-corrected chi connectivity index (χ4v) is 4.30. The van der Waals surface area contributed by atoms with Crippen LogP contribution >= 0.6 is 0 Å². The Morgan fingerprint density at radius 2 is 1.43 bits per heavy atom. The Balaban J connectivity index is 0.00000100. The van der Waals surface area contributed by atoms with E-state index in [1.807, 2.05) is 6.08 Å². The van der Waals surface area contributed by atoms with Gasteiger partial charge in [-0.3, -0.25) is 0 Å². The first kappa shape index (κ1) is 28.6. The Bertz CT molecular complexity index is 993. The van der Waals surface area contributed by atoms with Gasteiger partial charge < -0.3 is 5.32 Å². The van der Waals surface area contributed by atoms with Crippen molar-refractivity contribution in [1.29, 1.82) is 0 Å². The molecule has 3 aromatic carbocycles. The summed E-state index contributed by atoms with van der Waals surface area (Å²) in [5.41, 5.74) is 9.63. The molecule has 0 spiro atoms. The highest BCUT2D eigenvalue weighted by molar-refractivity contribution is 5.48. The van der Waals surface area contributed by atoms with Gasteiger partial charge in [0.25, 0.3) is 0 Å². The SMILES string of the molecule is C=Cc1ccc(C(CCNCc2ccc(CC)c(CCC)c2)c2ccc(C)cc2)cc1.CC(C)C. The third-order valence-corrected chi connectivity index (χ3v) is 6.16.